The van der Waals surface area contributed by atoms with Gasteiger partial charge in [0.05, 0.1) is 0 Å². The van der Waals surface area contributed by atoms with Crippen molar-refractivity contribution in [2.45, 2.75) is 26.7 Å². The van der Waals surface area contributed by atoms with Gasteiger partial charge in [-0.25, -0.2) is 4.79 Å². The monoisotopic (exact) mass is 250 g/mol. The van der Waals surface area contributed by atoms with E-state index in [0.717, 1.165) is 12.0 Å². The van der Waals surface area contributed by atoms with Crippen molar-refractivity contribution < 1.29 is 19.4 Å². The fraction of sp³-hybridized carbons (Fsp3) is 0.286. The molecular formula is C14H18O4. The molecule has 1 rings (SSSR count). The van der Waals surface area contributed by atoms with Crippen LogP contribution in [0.5, 0.6) is 0 Å². The Hall–Kier alpha value is -2.10. The number of carboxylic acid groups (broad SMARTS) is 1. The van der Waals surface area contributed by atoms with Crippen molar-refractivity contribution in [2.24, 2.45) is 0 Å². The summed E-state index contributed by atoms with van der Waals surface area (Å²) in [4.78, 5) is 20.8. The SMILES string of the molecule is C=C(C)OC(=O)O.CCCC(=O)c1ccccc1. The van der Waals surface area contributed by atoms with E-state index in [1.807, 2.05) is 37.3 Å². The molecule has 18 heavy (non-hydrogen) atoms. The van der Waals surface area contributed by atoms with Gasteiger partial charge in [-0.15, -0.1) is 0 Å². The van der Waals surface area contributed by atoms with Gasteiger partial charge in [-0.1, -0.05) is 43.8 Å². The zero-order chi connectivity index (χ0) is 14.0. The molecule has 0 saturated carbocycles. The zero-order valence-electron chi connectivity index (χ0n) is 10.7. The third kappa shape index (κ3) is 8.10. The van der Waals surface area contributed by atoms with E-state index in [1.165, 1.54) is 6.92 Å². The van der Waals surface area contributed by atoms with Crippen LogP contribution in [0.2, 0.25) is 0 Å². The van der Waals surface area contributed by atoms with Gasteiger partial charge in [0.2, 0.25) is 0 Å². The number of hydrogen-bond donors (Lipinski definition) is 1. The normalized spacial score (nSPS) is 8.78. The van der Waals surface area contributed by atoms with Crippen molar-refractivity contribution in [3.63, 3.8) is 0 Å². The molecule has 0 heterocycles. The van der Waals surface area contributed by atoms with Crippen LogP contribution in [0, 0.1) is 0 Å². The molecule has 0 aliphatic heterocycles. The number of hydrogen-bond acceptors (Lipinski definition) is 3. The summed E-state index contributed by atoms with van der Waals surface area (Å²) in [6.45, 7) is 6.67. The highest BCUT2D eigenvalue weighted by Gasteiger charge is 2.01. The lowest BCUT2D eigenvalue weighted by Gasteiger charge is -1.96. The Balaban J connectivity index is 0.000000360. The Kier molecular flexibility index (Phi) is 7.94. The number of benzene rings is 1. The Labute approximate surface area is 107 Å². The maximum atomic E-state index is 11.2. The van der Waals surface area contributed by atoms with Crippen LogP contribution < -0.4 is 0 Å². The smallest absolute Gasteiger partial charge is 0.449 e. The first-order valence-corrected chi connectivity index (χ1v) is 5.62. The molecule has 0 saturated heterocycles. The van der Waals surface area contributed by atoms with Gasteiger partial charge in [0.15, 0.2) is 5.78 Å². The molecule has 0 radical (unpaired) electrons. The average molecular weight is 250 g/mol. The Morgan fingerprint density at radius 1 is 1.28 bits per heavy atom. The van der Waals surface area contributed by atoms with Crippen LogP contribution >= 0.6 is 0 Å². The molecule has 0 unspecified atom stereocenters. The topological polar surface area (TPSA) is 63.6 Å². The first-order valence-electron chi connectivity index (χ1n) is 5.62. The number of ether oxygens (including phenoxy) is 1. The van der Waals surface area contributed by atoms with Crippen molar-refractivity contribution in [1.82, 2.24) is 0 Å². The number of allylic oxidation sites excluding steroid dienone is 1. The molecule has 0 atom stereocenters. The van der Waals surface area contributed by atoms with Crippen LogP contribution in [-0.4, -0.2) is 17.0 Å². The van der Waals surface area contributed by atoms with E-state index < -0.39 is 6.16 Å². The summed E-state index contributed by atoms with van der Waals surface area (Å²) in [6.07, 6.45) is 0.269. The maximum Gasteiger partial charge on any atom is 0.510 e. The Morgan fingerprint density at radius 3 is 2.17 bits per heavy atom. The van der Waals surface area contributed by atoms with E-state index in [4.69, 9.17) is 5.11 Å². The molecule has 0 fully saturated rings. The van der Waals surface area contributed by atoms with E-state index >= 15 is 0 Å². The lowest BCUT2D eigenvalue weighted by atomic mass is 10.1. The van der Waals surface area contributed by atoms with E-state index in [0.29, 0.717) is 6.42 Å². The average Bonchev–Trinajstić information content (AvgIpc) is 2.29. The molecule has 0 aliphatic rings. The fourth-order valence-electron chi connectivity index (χ4n) is 1.14. The molecule has 4 nitrogen and oxygen atoms in total. The summed E-state index contributed by atoms with van der Waals surface area (Å²) < 4.78 is 3.97. The summed E-state index contributed by atoms with van der Waals surface area (Å²) in [7, 11) is 0. The highest BCUT2D eigenvalue weighted by molar-refractivity contribution is 5.95. The summed E-state index contributed by atoms with van der Waals surface area (Å²) in [5, 5.41) is 7.80. The fourth-order valence-corrected chi connectivity index (χ4v) is 1.14. The van der Waals surface area contributed by atoms with Gasteiger partial charge in [-0.3, -0.25) is 4.79 Å². The molecule has 1 aromatic rings. The second-order valence-corrected chi connectivity index (χ2v) is 3.61. The van der Waals surface area contributed by atoms with E-state index in [2.05, 4.69) is 11.3 Å². The first kappa shape index (κ1) is 15.9. The second-order valence-electron chi connectivity index (χ2n) is 3.61. The molecule has 1 aromatic carbocycles. The number of rotatable bonds is 4. The molecule has 0 amide bonds. The van der Waals surface area contributed by atoms with Crippen molar-refractivity contribution in [3.8, 4) is 0 Å². The minimum Gasteiger partial charge on any atom is -0.449 e. The number of ketones is 1. The van der Waals surface area contributed by atoms with Crippen LogP contribution in [0.1, 0.15) is 37.0 Å². The third-order valence-corrected chi connectivity index (χ3v) is 1.83. The van der Waals surface area contributed by atoms with Crippen molar-refractivity contribution in [1.29, 1.82) is 0 Å². The van der Waals surface area contributed by atoms with Gasteiger partial charge in [0.1, 0.15) is 5.76 Å². The van der Waals surface area contributed by atoms with Gasteiger partial charge in [-0.2, -0.15) is 0 Å². The van der Waals surface area contributed by atoms with Crippen LogP contribution in [-0.2, 0) is 4.74 Å². The Morgan fingerprint density at radius 2 is 1.83 bits per heavy atom. The molecular weight excluding hydrogens is 232 g/mol. The molecule has 0 spiro atoms. The van der Waals surface area contributed by atoms with Crippen LogP contribution in [0.4, 0.5) is 4.79 Å². The summed E-state index contributed by atoms with van der Waals surface area (Å²) in [5.74, 6) is 0.431. The van der Waals surface area contributed by atoms with Gasteiger partial charge in [-0.05, 0) is 13.3 Å². The van der Waals surface area contributed by atoms with Crippen molar-refractivity contribution in [2.75, 3.05) is 0 Å². The van der Waals surface area contributed by atoms with E-state index in [-0.39, 0.29) is 11.5 Å². The van der Waals surface area contributed by atoms with Crippen molar-refractivity contribution in [3.05, 3.63) is 48.2 Å². The summed E-state index contributed by atoms with van der Waals surface area (Å²) in [6, 6.07) is 9.42. The van der Waals surface area contributed by atoms with E-state index in [9.17, 15) is 9.59 Å². The van der Waals surface area contributed by atoms with Gasteiger partial charge in [0, 0.05) is 12.0 Å². The minimum atomic E-state index is -1.31. The van der Waals surface area contributed by atoms with Gasteiger partial charge in [0.25, 0.3) is 0 Å². The van der Waals surface area contributed by atoms with Gasteiger partial charge >= 0.3 is 6.16 Å². The molecule has 1 N–H and O–H groups in total. The third-order valence-electron chi connectivity index (χ3n) is 1.83. The van der Waals surface area contributed by atoms with Crippen LogP contribution in [0.25, 0.3) is 0 Å². The number of carbonyl (C=O) groups excluding carboxylic acids is 1. The molecule has 0 bridgehead atoms. The predicted molar refractivity (Wildman–Crippen MR) is 69.6 cm³/mol. The highest BCUT2D eigenvalue weighted by atomic mass is 16.7. The van der Waals surface area contributed by atoms with Crippen LogP contribution in [0.15, 0.2) is 42.7 Å². The molecule has 0 aromatic heterocycles. The lowest BCUT2D eigenvalue weighted by Crippen LogP contribution is -1.96. The molecule has 98 valence electrons. The quantitative estimate of drug-likeness (QED) is 0.500. The second kappa shape index (κ2) is 8.98. The van der Waals surface area contributed by atoms with Gasteiger partial charge < -0.3 is 9.84 Å². The molecule has 4 heteroatoms. The standard InChI is InChI=1S/C10H12O.C4H6O3/c1-2-6-10(11)9-7-4-3-5-8-9;1-3(2)7-4(5)6/h3-5,7-8H,2,6H2,1H3;1H2,2H3,(H,5,6). The first-order chi connectivity index (χ1) is 8.47. The lowest BCUT2D eigenvalue weighted by molar-refractivity contribution is 0.0981. The van der Waals surface area contributed by atoms with E-state index in [1.54, 1.807) is 0 Å². The number of carbonyl (C=O) groups is 2. The number of Topliss-reactive ketones (excluding diaryl/α,β-unsaturated/α-hetero) is 1. The molecule has 0 aliphatic carbocycles. The highest BCUT2D eigenvalue weighted by Crippen LogP contribution is 2.03. The largest absolute Gasteiger partial charge is 0.510 e. The van der Waals surface area contributed by atoms with Crippen LogP contribution in [0.3, 0.4) is 0 Å². The van der Waals surface area contributed by atoms with Crippen molar-refractivity contribution >= 4 is 11.9 Å². The maximum absolute atomic E-state index is 11.2. The summed E-state index contributed by atoms with van der Waals surface area (Å²) >= 11 is 0. The predicted octanol–water partition coefficient (Wildman–Crippen LogP) is 3.88. The zero-order valence-corrected chi connectivity index (χ0v) is 10.7. The Bertz CT molecular complexity index is 384. The summed E-state index contributed by atoms with van der Waals surface area (Å²) in [5.41, 5.74) is 0.828. The minimum absolute atomic E-state index is 0.188.